The van der Waals surface area contributed by atoms with Gasteiger partial charge in [0.25, 0.3) is 0 Å². The van der Waals surface area contributed by atoms with Crippen molar-refractivity contribution in [3.63, 3.8) is 0 Å². The van der Waals surface area contributed by atoms with Crippen LogP contribution < -0.4 is 0 Å². The van der Waals surface area contributed by atoms with Crippen LogP contribution in [0.1, 0.15) is 12.8 Å². The Hall–Kier alpha value is -1.53. The van der Waals surface area contributed by atoms with Crippen molar-refractivity contribution < 1.29 is 4.42 Å². The van der Waals surface area contributed by atoms with Crippen molar-refractivity contribution in [1.29, 1.82) is 0 Å². The van der Waals surface area contributed by atoms with Crippen LogP contribution in [0, 0.1) is 5.92 Å². The first-order valence-corrected chi connectivity index (χ1v) is 8.66. The molecule has 0 unspecified atom stereocenters. The predicted molar refractivity (Wildman–Crippen MR) is 88.9 cm³/mol. The first kappa shape index (κ1) is 15.4. The molecule has 1 atom stereocenters. The van der Waals surface area contributed by atoms with Crippen molar-refractivity contribution >= 4 is 11.8 Å². The topological polar surface area (TPSA) is 47.1 Å². The molecule has 118 valence electrons. The Labute approximate surface area is 135 Å². The molecule has 5 nitrogen and oxygen atoms in total. The summed E-state index contributed by atoms with van der Waals surface area (Å²) in [5.74, 6) is 3.33. The highest BCUT2D eigenvalue weighted by Crippen LogP contribution is 2.28. The fourth-order valence-corrected chi connectivity index (χ4v) is 3.95. The zero-order chi connectivity index (χ0) is 15.4. The smallest absolute Gasteiger partial charge is 0.200 e. The molecule has 0 amide bonds. The average Bonchev–Trinajstić information content (AvgIpc) is 3.15. The number of hydrogen-bond acceptors (Lipinski definition) is 5. The Bertz CT molecular complexity index is 608. The van der Waals surface area contributed by atoms with Gasteiger partial charge in [0, 0.05) is 18.8 Å². The molecule has 0 saturated carbocycles. The number of furan rings is 1. The van der Waals surface area contributed by atoms with Crippen molar-refractivity contribution in [3.05, 3.63) is 31.1 Å². The lowest BCUT2D eigenvalue weighted by molar-refractivity contribution is 0.224. The van der Waals surface area contributed by atoms with Gasteiger partial charge in [0.2, 0.25) is 5.82 Å². The monoisotopic (exact) mass is 318 g/mol. The van der Waals surface area contributed by atoms with E-state index in [1.165, 1.54) is 25.9 Å². The fourth-order valence-electron chi connectivity index (χ4n) is 2.88. The lowest BCUT2D eigenvalue weighted by Crippen LogP contribution is -2.33. The summed E-state index contributed by atoms with van der Waals surface area (Å²) < 4.78 is 7.53. The number of thioether (sulfide) groups is 1. The summed E-state index contributed by atoms with van der Waals surface area (Å²) >= 11 is 1.79. The Morgan fingerprint density at radius 3 is 3.14 bits per heavy atom. The van der Waals surface area contributed by atoms with Crippen LogP contribution in [0.4, 0.5) is 0 Å². The Balaban J connectivity index is 1.71. The van der Waals surface area contributed by atoms with Gasteiger partial charge >= 0.3 is 0 Å². The molecule has 2 aromatic heterocycles. The van der Waals surface area contributed by atoms with Gasteiger partial charge in [-0.3, -0.25) is 4.57 Å². The van der Waals surface area contributed by atoms with Gasteiger partial charge in [-0.05, 0) is 44.5 Å². The minimum atomic E-state index is 0.690. The summed E-state index contributed by atoms with van der Waals surface area (Å²) in [4.78, 5) is 2.41. The molecule has 1 fully saturated rings. The standard InChI is InChI=1S/C16H22N4OS/c1-3-8-20-15(14-7-5-10-21-14)17-18-16(20)22-12-13-6-4-9-19(2)11-13/h3,5,7,10,13H,1,4,6,8-9,11-12H2,2H3/t13-/m0/s1. The molecule has 3 rings (SSSR count). The maximum Gasteiger partial charge on any atom is 0.200 e. The molecule has 0 bridgehead atoms. The SMILES string of the molecule is C=CCn1c(SC[C@H]2CCCN(C)C2)nnc1-c1ccco1. The van der Waals surface area contributed by atoms with E-state index in [0.717, 1.165) is 28.4 Å². The van der Waals surface area contributed by atoms with Crippen LogP contribution in [0.15, 0.2) is 40.6 Å². The second kappa shape index (κ2) is 7.15. The fraction of sp³-hybridized carbons (Fsp3) is 0.500. The lowest BCUT2D eigenvalue weighted by atomic mass is 10.0. The van der Waals surface area contributed by atoms with Crippen molar-refractivity contribution in [2.24, 2.45) is 5.92 Å². The summed E-state index contributed by atoms with van der Waals surface area (Å²) in [6.45, 7) is 6.92. The molecule has 1 aliphatic rings. The number of likely N-dealkylation sites (tertiary alicyclic amines) is 1. The van der Waals surface area contributed by atoms with Crippen molar-refractivity contribution in [2.45, 2.75) is 24.5 Å². The van der Waals surface area contributed by atoms with Crippen LogP contribution >= 0.6 is 11.8 Å². The largest absolute Gasteiger partial charge is 0.461 e. The number of rotatable bonds is 6. The van der Waals surface area contributed by atoms with E-state index in [9.17, 15) is 0 Å². The third-order valence-corrected chi connectivity index (χ3v) is 5.14. The molecule has 0 aliphatic carbocycles. The van der Waals surface area contributed by atoms with Gasteiger partial charge in [-0.1, -0.05) is 17.8 Å². The van der Waals surface area contributed by atoms with E-state index in [4.69, 9.17) is 4.42 Å². The van der Waals surface area contributed by atoms with Gasteiger partial charge in [0.1, 0.15) is 0 Å². The van der Waals surface area contributed by atoms with Gasteiger partial charge in [0.15, 0.2) is 10.9 Å². The van der Waals surface area contributed by atoms with Crippen molar-refractivity contribution in [2.75, 3.05) is 25.9 Å². The molecule has 0 N–H and O–H groups in total. The molecule has 2 aromatic rings. The molecular weight excluding hydrogens is 296 g/mol. The molecule has 0 spiro atoms. The summed E-state index contributed by atoms with van der Waals surface area (Å²) in [6.07, 6.45) is 6.12. The summed E-state index contributed by atoms with van der Waals surface area (Å²) in [6, 6.07) is 3.78. The van der Waals surface area contributed by atoms with E-state index in [-0.39, 0.29) is 0 Å². The minimum absolute atomic E-state index is 0.690. The van der Waals surface area contributed by atoms with Crippen LogP contribution in [-0.4, -0.2) is 45.6 Å². The number of allylic oxidation sites excluding steroid dienone is 1. The highest BCUT2D eigenvalue weighted by Gasteiger charge is 2.20. The Morgan fingerprint density at radius 1 is 1.50 bits per heavy atom. The lowest BCUT2D eigenvalue weighted by Gasteiger charge is -2.29. The van der Waals surface area contributed by atoms with E-state index in [2.05, 4.69) is 33.3 Å². The molecule has 6 heteroatoms. The molecule has 1 aliphatic heterocycles. The first-order valence-electron chi connectivity index (χ1n) is 7.67. The maximum absolute atomic E-state index is 5.45. The van der Waals surface area contributed by atoms with Gasteiger partial charge in [-0.25, -0.2) is 0 Å². The second-order valence-corrected chi connectivity index (χ2v) is 6.75. The van der Waals surface area contributed by atoms with Crippen LogP contribution in [0.5, 0.6) is 0 Å². The zero-order valence-electron chi connectivity index (χ0n) is 12.9. The van der Waals surface area contributed by atoms with E-state index >= 15 is 0 Å². The number of piperidine rings is 1. The molecule has 3 heterocycles. The van der Waals surface area contributed by atoms with Crippen molar-refractivity contribution in [3.8, 4) is 11.6 Å². The van der Waals surface area contributed by atoms with Gasteiger partial charge in [-0.15, -0.1) is 16.8 Å². The Morgan fingerprint density at radius 2 is 2.41 bits per heavy atom. The molecule has 1 saturated heterocycles. The maximum atomic E-state index is 5.45. The average molecular weight is 318 g/mol. The third kappa shape index (κ3) is 3.44. The predicted octanol–water partition coefficient (Wildman–Crippen LogP) is 3.16. The van der Waals surface area contributed by atoms with E-state index in [1.54, 1.807) is 18.0 Å². The number of hydrogen-bond donors (Lipinski definition) is 0. The Kier molecular flexibility index (Phi) is 5.00. The van der Waals surface area contributed by atoms with Gasteiger partial charge < -0.3 is 9.32 Å². The normalized spacial score (nSPS) is 19.4. The quantitative estimate of drug-likeness (QED) is 0.605. The molecular formula is C16H22N4OS. The summed E-state index contributed by atoms with van der Waals surface area (Å²) in [5, 5.41) is 9.59. The highest BCUT2D eigenvalue weighted by atomic mass is 32.2. The van der Waals surface area contributed by atoms with Crippen LogP contribution in [-0.2, 0) is 6.54 Å². The van der Waals surface area contributed by atoms with Crippen molar-refractivity contribution in [1.82, 2.24) is 19.7 Å². The molecule has 22 heavy (non-hydrogen) atoms. The van der Waals surface area contributed by atoms with Gasteiger partial charge in [0.05, 0.1) is 6.26 Å². The summed E-state index contributed by atoms with van der Waals surface area (Å²) in [7, 11) is 2.20. The number of nitrogens with zero attached hydrogens (tertiary/aromatic N) is 4. The van der Waals surface area contributed by atoms with E-state index in [0.29, 0.717) is 6.54 Å². The third-order valence-electron chi connectivity index (χ3n) is 3.94. The molecule has 0 aromatic carbocycles. The van der Waals surface area contributed by atoms with Gasteiger partial charge in [-0.2, -0.15) is 0 Å². The minimum Gasteiger partial charge on any atom is -0.461 e. The van der Waals surface area contributed by atoms with Crippen LogP contribution in [0.3, 0.4) is 0 Å². The first-order chi connectivity index (χ1) is 10.8. The van der Waals surface area contributed by atoms with E-state index < -0.39 is 0 Å². The number of aromatic nitrogens is 3. The molecule has 0 radical (unpaired) electrons. The summed E-state index contributed by atoms with van der Waals surface area (Å²) in [5.41, 5.74) is 0. The zero-order valence-corrected chi connectivity index (χ0v) is 13.8. The highest BCUT2D eigenvalue weighted by molar-refractivity contribution is 7.99. The van der Waals surface area contributed by atoms with Crippen LogP contribution in [0.2, 0.25) is 0 Å². The van der Waals surface area contributed by atoms with E-state index in [1.807, 2.05) is 18.2 Å². The second-order valence-electron chi connectivity index (χ2n) is 5.76. The van der Waals surface area contributed by atoms with Crippen LogP contribution in [0.25, 0.3) is 11.6 Å².